The third kappa shape index (κ3) is 3.54. The van der Waals surface area contributed by atoms with Crippen LogP contribution in [0.15, 0.2) is 29.2 Å². The first-order chi connectivity index (χ1) is 8.82. The highest BCUT2D eigenvalue weighted by molar-refractivity contribution is 7.89. The summed E-state index contributed by atoms with van der Waals surface area (Å²) in [4.78, 5) is 14.0. The topological polar surface area (TPSA) is 80.5 Å². The highest BCUT2D eigenvalue weighted by atomic mass is 32.2. The molecule has 0 aliphatic heterocycles. The highest BCUT2D eigenvalue weighted by Crippen LogP contribution is 2.18. The van der Waals surface area contributed by atoms with Gasteiger partial charge in [0.15, 0.2) is 0 Å². The summed E-state index contributed by atoms with van der Waals surface area (Å²) in [7, 11) is -3.90. The van der Waals surface area contributed by atoms with E-state index in [-0.39, 0.29) is 22.4 Å². The van der Waals surface area contributed by atoms with Crippen molar-refractivity contribution in [3.05, 3.63) is 29.8 Å². The smallest absolute Gasteiger partial charge is 0.255 e. The third-order valence-electron chi connectivity index (χ3n) is 3.15. The molecular weight excluding hydrogens is 264 g/mol. The Morgan fingerprint density at radius 3 is 2.37 bits per heavy atom. The molecule has 0 heterocycles. The molecule has 1 unspecified atom stereocenters. The van der Waals surface area contributed by atoms with Crippen molar-refractivity contribution in [3.8, 4) is 0 Å². The Kier molecular flexibility index (Phi) is 5.08. The molecule has 1 atom stereocenters. The van der Waals surface area contributed by atoms with E-state index in [0.29, 0.717) is 6.54 Å². The zero-order chi connectivity index (χ0) is 14.6. The van der Waals surface area contributed by atoms with Gasteiger partial charge in [0, 0.05) is 12.6 Å². The second-order valence-corrected chi connectivity index (χ2v) is 5.92. The van der Waals surface area contributed by atoms with Crippen LogP contribution in [-0.4, -0.2) is 31.8 Å². The highest BCUT2D eigenvalue weighted by Gasteiger charge is 2.24. The zero-order valence-electron chi connectivity index (χ0n) is 11.5. The number of benzene rings is 1. The van der Waals surface area contributed by atoms with Gasteiger partial charge < -0.3 is 4.90 Å². The first-order valence-corrected chi connectivity index (χ1v) is 7.80. The maximum Gasteiger partial charge on any atom is 0.255 e. The molecular formula is C13H20N2O3S. The quantitative estimate of drug-likeness (QED) is 0.891. The minimum Gasteiger partial charge on any atom is -0.336 e. The molecule has 1 amide bonds. The van der Waals surface area contributed by atoms with Crippen molar-refractivity contribution in [2.24, 2.45) is 5.14 Å². The molecule has 6 heteroatoms. The van der Waals surface area contributed by atoms with Gasteiger partial charge in [-0.3, -0.25) is 4.79 Å². The average molecular weight is 284 g/mol. The monoisotopic (exact) mass is 284 g/mol. The molecule has 1 aromatic carbocycles. The molecule has 106 valence electrons. The molecule has 0 bridgehead atoms. The van der Waals surface area contributed by atoms with Crippen LogP contribution in [0.2, 0.25) is 0 Å². The van der Waals surface area contributed by atoms with E-state index >= 15 is 0 Å². The minimum atomic E-state index is -3.90. The normalized spacial score (nSPS) is 13.1. The van der Waals surface area contributed by atoms with E-state index < -0.39 is 10.0 Å². The van der Waals surface area contributed by atoms with Crippen LogP contribution in [0.25, 0.3) is 0 Å². The van der Waals surface area contributed by atoms with E-state index in [1.54, 1.807) is 17.0 Å². The molecule has 0 saturated heterocycles. The summed E-state index contributed by atoms with van der Waals surface area (Å²) in [5.74, 6) is -0.304. The van der Waals surface area contributed by atoms with E-state index in [1.165, 1.54) is 12.1 Å². The van der Waals surface area contributed by atoms with Crippen molar-refractivity contribution >= 4 is 15.9 Å². The van der Waals surface area contributed by atoms with Gasteiger partial charge in [-0.25, -0.2) is 13.6 Å². The Balaban J connectivity index is 3.27. The number of nitrogens with two attached hydrogens (primary N) is 1. The number of hydrogen-bond acceptors (Lipinski definition) is 3. The first kappa shape index (κ1) is 15.7. The second kappa shape index (κ2) is 6.16. The maximum absolute atomic E-state index is 12.4. The van der Waals surface area contributed by atoms with Crippen LogP contribution in [-0.2, 0) is 10.0 Å². The Morgan fingerprint density at radius 2 is 1.89 bits per heavy atom. The predicted octanol–water partition coefficient (Wildman–Crippen LogP) is 1.59. The number of carbonyl (C=O) groups excluding carboxylic acids is 1. The van der Waals surface area contributed by atoms with E-state index in [4.69, 9.17) is 5.14 Å². The van der Waals surface area contributed by atoms with Gasteiger partial charge in [-0.05, 0) is 32.4 Å². The first-order valence-electron chi connectivity index (χ1n) is 6.25. The molecule has 0 aromatic heterocycles. The van der Waals surface area contributed by atoms with E-state index in [1.807, 2.05) is 20.8 Å². The Hall–Kier alpha value is -1.40. The van der Waals surface area contributed by atoms with Crippen LogP contribution in [0.3, 0.4) is 0 Å². The molecule has 0 radical (unpaired) electrons. The Labute approximate surface area is 114 Å². The molecule has 1 rings (SSSR count). The van der Waals surface area contributed by atoms with Gasteiger partial charge >= 0.3 is 0 Å². The molecule has 0 saturated carbocycles. The van der Waals surface area contributed by atoms with Crippen LogP contribution in [0.4, 0.5) is 0 Å². The lowest BCUT2D eigenvalue weighted by Crippen LogP contribution is -2.39. The van der Waals surface area contributed by atoms with Crippen molar-refractivity contribution in [2.75, 3.05) is 6.54 Å². The van der Waals surface area contributed by atoms with Gasteiger partial charge in [0.25, 0.3) is 5.91 Å². The van der Waals surface area contributed by atoms with Crippen molar-refractivity contribution in [3.63, 3.8) is 0 Å². The summed E-state index contributed by atoms with van der Waals surface area (Å²) in [6, 6.07) is 6.08. The van der Waals surface area contributed by atoms with Crippen LogP contribution in [0.1, 0.15) is 37.6 Å². The molecule has 0 spiro atoms. The standard InChI is InChI=1S/C13H20N2O3S/c1-4-10(3)15(5-2)13(16)11-8-6-7-9-12(11)19(14,17)18/h6-10H,4-5H2,1-3H3,(H2,14,17,18). The number of nitrogens with zero attached hydrogens (tertiary/aromatic N) is 1. The molecule has 1 aromatic rings. The minimum absolute atomic E-state index is 0.0473. The molecule has 2 N–H and O–H groups in total. The van der Waals surface area contributed by atoms with Crippen molar-refractivity contribution < 1.29 is 13.2 Å². The fourth-order valence-corrected chi connectivity index (χ4v) is 2.65. The number of carbonyl (C=O) groups is 1. The number of sulfonamides is 1. The lowest BCUT2D eigenvalue weighted by atomic mass is 10.1. The van der Waals surface area contributed by atoms with Gasteiger partial charge in [-0.15, -0.1) is 0 Å². The predicted molar refractivity (Wildman–Crippen MR) is 74.3 cm³/mol. The molecule has 0 aliphatic carbocycles. The summed E-state index contributed by atoms with van der Waals surface area (Å²) in [6.45, 7) is 6.30. The molecule has 5 nitrogen and oxygen atoms in total. The van der Waals surface area contributed by atoms with Crippen LogP contribution >= 0.6 is 0 Å². The Morgan fingerprint density at radius 1 is 1.32 bits per heavy atom. The summed E-state index contributed by atoms with van der Waals surface area (Å²) >= 11 is 0. The van der Waals surface area contributed by atoms with Crippen LogP contribution in [0, 0.1) is 0 Å². The number of amides is 1. The van der Waals surface area contributed by atoms with E-state index in [0.717, 1.165) is 6.42 Å². The van der Waals surface area contributed by atoms with Gasteiger partial charge in [0.05, 0.1) is 10.5 Å². The van der Waals surface area contributed by atoms with Crippen molar-refractivity contribution in [1.82, 2.24) is 4.90 Å². The van der Waals surface area contributed by atoms with Crippen LogP contribution < -0.4 is 5.14 Å². The molecule has 0 fully saturated rings. The fraction of sp³-hybridized carbons (Fsp3) is 0.462. The molecule has 19 heavy (non-hydrogen) atoms. The van der Waals surface area contributed by atoms with Gasteiger partial charge in [0.1, 0.15) is 0 Å². The summed E-state index contributed by atoms with van der Waals surface area (Å²) in [5, 5.41) is 5.15. The number of primary sulfonamides is 1. The fourth-order valence-electron chi connectivity index (χ4n) is 1.92. The Bertz CT molecular complexity index is 555. The van der Waals surface area contributed by atoms with E-state index in [2.05, 4.69) is 0 Å². The third-order valence-corrected chi connectivity index (χ3v) is 4.12. The maximum atomic E-state index is 12.4. The van der Waals surface area contributed by atoms with Gasteiger partial charge in [-0.2, -0.15) is 0 Å². The lowest BCUT2D eigenvalue weighted by molar-refractivity contribution is 0.0696. The molecule has 0 aliphatic rings. The second-order valence-electron chi connectivity index (χ2n) is 4.39. The summed E-state index contributed by atoms with van der Waals surface area (Å²) in [5.41, 5.74) is 0.132. The lowest BCUT2D eigenvalue weighted by Gasteiger charge is -2.27. The average Bonchev–Trinajstić information content (AvgIpc) is 2.38. The number of hydrogen-bond donors (Lipinski definition) is 1. The number of rotatable bonds is 5. The zero-order valence-corrected chi connectivity index (χ0v) is 12.3. The largest absolute Gasteiger partial charge is 0.336 e. The summed E-state index contributed by atoms with van der Waals surface area (Å²) in [6.07, 6.45) is 0.803. The van der Waals surface area contributed by atoms with Crippen molar-refractivity contribution in [2.45, 2.75) is 38.1 Å². The summed E-state index contributed by atoms with van der Waals surface area (Å²) < 4.78 is 23.0. The SMILES string of the molecule is CCC(C)N(CC)C(=O)c1ccccc1S(N)(=O)=O. The van der Waals surface area contributed by atoms with Gasteiger partial charge in [-0.1, -0.05) is 19.1 Å². The van der Waals surface area contributed by atoms with Crippen molar-refractivity contribution in [1.29, 1.82) is 0 Å². The van der Waals surface area contributed by atoms with E-state index in [9.17, 15) is 13.2 Å². The van der Waals surface area contributed by atoms with Crippen LogP contribution in [0.5, 0.6) is 0 Å². The van der Waals surface area contributed by atoms with Gasteiger partial charge in [0.2, 0.25) is 10.0 Å².